The van der Waals surface area contributed by atoms with Gasteiger partial charge in [-0.3, -0.25) is 0 Å². The smallest absolute Gasteiger partial charge is 0.453 e. The van der Waals surface area contributed by atoms with Crippen molar-refractivity contribution < 1.29 is 17.9 Å². The molecular weight excluding hydrogens is 383 g/mol. The highest BCUT2D eigenvalue weighted by Gasteiger charge is 2.37. The molecule has 0 saturated carbocycles. The largest absolute Gasteiger partial charge is 0.457 e. The van der Waals surface area contributed by atoms with Crippen LogP contribution in [0.5, 0.6) is 11.5 Å². The lowest BCUT2D eigenvalue weighted by molar-refractivity contribution is -0.146. The molecule has 0 unspecified atom stereocenters. The van der Waals surface area contributed by atoms with Gasteiger partial charge in [0.05, 0.1) is 6.04 Å². The van der Waals surface area contributed by atoms with Gasteiger partial charge in [0.15, 0.2) is 5.65 Å². The van der Waals surface area contributed by atoms with Gasteiger partial charge in [-0.25, -0.2) is 0 Å². The maximum Gasteiger partial charge on any atom is 0.453 e. The summed E-state index contributed by atoms with van der Waals surface area (Å²) < 4.78 is 45.5. The first-order valence-corrected chi connectivity index (χ1v) is 8.79. The minimum Gasteiger partial charge on any atom is -0.457 e. The predicted octanol–water partition coefficient (Wildman–Crippen LogP) is 5.11. The van der Waals surface area contributed by atoms with Gasteiger partial charge in [-0.2, -0.15) is 17.7 Å². The Bertz CT molecular complexity index is 1110. The van der Waals surface area contributed by atoms with Gasteiger partial charge in [0.2, 0.25) is 0 Å². The third-order valence-electron chi connectivity index (χ3n) is 4.24. The fourth-order valence-corrected chi connectivity index (χ4v) is 2.80. The molecule has 0 aliphatic heterocycles. The molecule has 1 N–H and O–H groups in total. The fourth-order valence-electron chi connectivity index (χ4n) is 2.80. The van der Waals surface area contributed by atoms with Crippen LogP contribution in [-0.2, 0) is 6.18 Å². The Balaban J connectivity index is 1.49. The minimum atomic E-state index is -4.63. The van der Waals surface area contributed by atoms with Crippen LogP contribution < -0.4 is 10.1 Å². The number of anilines is 1. The van der Waals surface area contributed by atoms with Crippen LogP contribution in [0.1, 0.15) is 24.4 Å². The van der Waals surface area contributed by atoms with Crippen molar-refractivity contribution in [3.63, 3.8) is 0 Å². The van der Waals surface area contributed by atoms with E-state index >= 15 is 0 Å². The van der Waals surface area contributed by atoms with Crippen molar-refractivity contribution in [2.24, 2.45) is 0 Å². The maximum absolute atomic E-state index is 13.0. The normalized spacial score (nSPS) is 12.7. The summed E-state index contributed by atoms with van der Waals surface area (Å²) in [4.78, 5) is 0. The molecule has 148 valence electrons. The second kappa shape index (κ2) is 7.42. The maximum atomic E-state index is 13.0. The number of alkyl halides is 3. The van der Waals surface area contributed by atoms with Crippen molar-refractivity contribution in [2.45, 2.75) is 19.1 Å². The van der Waals surface area contributed by atoms with Crippen molar-refractivity contribution >= 4 is 11.5 Å². The molecule has 6 nitrogen and oxygen atoms in total. The van der Waals surface area contributed by atoms with Gasteiger partial charge in [-0.15, -0.1) is 15.3 Å². The number of aromatic nitrogens is 4. The van der Waals surface area contributed by atoms with Crippen molar-refractivity contribution in [1.82, 2.24) is 19.8 Å². The molecule has 1 atom stereocenters. The predicted molar refractivity (Wildman–Crippen MR) is 101 cm³/mol. The van der Waals surface area contributed by atoms with Crippen molar-refractivity contribution in [3.8, 4) is 11.5 Å². The molecule has 0 fully saturated rings. The Kier molecular flexibility index (Phi) is 4.79. The van der Waals surface area contributed by atoms with Crippen LogP contribution in [0, 0.1) is 0 Å². The Morgan fingerprint density at radius 2 is 1.59 bits per heavy atom. The molecule has 0 radical (unpaired) electrons. The fraction of sp³-hybridized carbons (Fsp3) is 0.150. The van der Waals surface area contributed by atoms with Crippen LogP contribution in [0.2, 0.25) is 0 Å². The van der Waals surface area contributed by atoms with Crippen LogP contribution in [0.25, 0.3) is 5.65 Å². The number of halogens is 3. The molecule has 4 aromatic rings. The highest BCUT2D eigenvalue weighted by atomic mass is 19.4. The van der Waals surface area contributed by atoms with E-state index in [1.807, 2.05) is 61.5 Å². The summed E-state index contributed by atoms with van der Waals surface area (Å²) in [5, 5.41) is 13.7. The lowest BCUT2D eigenvalue weighted by Gasteiger charge is -2.16. The highest BCUT2D eigenvalue weighted by molar-refractivity contribution is 5.46. The number of ether oxygens (including phenoxy) is 1. The number of para-hydroxylation sites is 1. The van der Waals surface area contributed by atoms with E-state index in [9.17, 15) is 13.2 Å². The van der Waals surface area contributed by atoms with E-state index in [0.29, 0.717) is 10.3 Å². The highest BCUT2D eigenvalue weighted by Crippen LogP contribution is 2.28. The number of nitrogens with zero attached hydrogens (tertiary/aromatic N) is 4. The average Bonchev–Trinajstić information content (AvgIpc) is 3.13. The van der Waals surface area contributed by atoms with E-state index in [4.69, 9.17) is 4.74 Å². The molecule has 0 spiro atoms. The van der Waals surface area contributed by atoms with E-state index in [1.54, 1.807) is 6.07 Å². The van der Waals surface area contributed by atoms with Gasteiger partial charge in [0, 0.05) is 0 Å². The van der Waals surface area contributed by atoms with Crippen LogP contribution in [0.4, 0.5) is 19.0 Å². The van der Waals surface area contributed by atoms with Gasteiger partial charge in [0.25, 0.3) is 5.82 Å². The molecule has 2 aromatic heterocycles. The van der Waals surface area contributed by atoms with E-state index < -0.39 is 12.0 Å². The quantitative estimate of drug-likeness (QED) is 0.505. The van der Waals surface area contributed by atoms with Gasteiger partial charge in [0.1, 0.15) is 17.3 Å². The van der Waals surface area contributed by atoms with Crippen LogP contribution in [0.3, 0.4) is 0 Å². The van der Waals surface area contributed by atoms with E-state index in [1.165, 1.54) is 6.07 Å². The number of hydrogen-bond acceptors (Lipinski definition) is 5. The van der Waals surface area contributed by atoms with Crippen molar-refractivity contribution in [3.05, 3.63) is 78.1 Å². The van der Waals surface area contributed by atoms with Crippen LogP contribution in [0.15, 0.2) is 66.7 Å². The second-order valence-electron chi connectivity index (χ2n) is 6.36. The molecule has 0 saturated heterocycles. The number of hydrogen-bond donors (Lipinski definition) is 1. The molecule has 9 heteroatoms. The zero-order chi connectivity index (χ0) is 20.4. The number of nitrogens with one attached hydrogen (secondary N) is 1. The first-order chi connectivity index (χ1) is 13.9. The molecule has 0 bridgehead atoms. The molecule has 2 heterocycles. The molecule has 2 aromatic carbocycles. The zero-order valence-electron chi connectivity index (χ0n) is 15.3. The summed E-state index contributed by atoms with van der Waals surface area (Å²) in [5.41, 5.74) is 0.949. The van der Waals surface area contributed by atoms with E-state index in [0.717, 1.165) is 11.3 Å². The summed E-state index contributed by atoms with van der Waals surface area (Å²) >= 11 is 0. The number of benzene rings is 2. The standard InChI is InChI=1S/C20H16F3N5O/c1-13(14-7-9-16(10-8-14)29-15-5-3-2-4-6-15)24-17-11-12-18-25-26-19(20(21,22)23)28(18)27-17/h2-13H,1H3,(H,24,27)/t13-/m1/s1. The number of fused-ring (bicyclic) bond motifs is 1. The van der Waals surface area contributed by atoms with E-state index in [2.05, 4.69) is 20.6 Å². The zero-order valence-corrected chi connectivity index (χ0v) is 15.3. The molecular formula is C20H16F3N5O. The summed E-state index contributed by atoms with van der Waals surface area (Å²) in [5.74, 6) is 0.537. The second-order valence-corrected chi connectivity index (χ2v) is 6.36. The van der Waals surface area contributed by atoms with Crippen LogP contribution in [-0.4, -0.2) is 19.8 Å². The SMILES string of the molecule is C[C@@H](Nc1ccc2nnc(C(F)(F)F)n2n1)c1ccc(Oc2ccccc2)cc1. The molecule has 0 aliphatic rings. The van der Waals surface area contributed by atoms with Gasteiger partial charge >= 0.3 is 6.18 Å². The lowest BCUT2D eigenvalue weighted by Crippen LogP contribution is -2.14. The molecule has 4 rings (SSSR count). The third-order valence-corrected chi connectivity index (χ3v) is 4.24. The monoisotopic (exact) mass is 399 g/mol. The molecule has 0 amide bonds. The Morgan fingerprint density at radius 3 is 2.28 bits per heavy atom. The third kappa shape index (κ3) is 4.13. The summed E-state index contributed by atoms with van der Waals surface area (Å²) in [6.07, 6.45) is -4.63. The Hall–Kier alpha value is -3.62. The minimum absolute atomic E-state index is 0.0259. The van der Waals surface area contributed by atoms with Crippen molar-refractivity contribution in [1.29, 1.82) is 0 Å². The summed E-state index contributed by atoms with van der Waals surface area (Å²) in [6.45, 7) is 1.88. The topological polar surface area (TPSA) is 64.3 Å². The van der Waals surface area contributed by atoms with Crippen molar-refractivity contribution in [2.75, 3.05) is 5.32 Å². The molecule has 0 aliphatic carbocycles. The Labute approximate surface area is 164 Å². The Morgan fingerprint density at radius 1 is 0.897 bits per heavy atom. The van der Waals surface area contributed by atoms with E-state index in [-0.39, 0.29) is 17.5 Å². The van der Waals surface area contributed by atoms with Gasteiger partial charge in [-0.1, -0.05) is 30.3 Å². The summed E-state index contributed by atoms with van der Waals surface area (Å²) in [6, 6.07) is 19.6. The average molecular weight is 399 g/mol. The number of rotatable bonds is 5. The first kappa shape index (κ1) is 18.7. The van der Waals surface area contributed by atoms with Gasteiger partial charge in [-0.05, 0) is 48.9 Å². The lowest BCUT2D eigenvalue weighted by atomic mass is 10.1. The summed E-state index contributed by atoms with van der Waals surface area (Å²) in [7, 11) is 0. The van der Waals surface area contributed by atoms with Crippen LogP contribution >= 0.6 is 0 Å². The van der Waals surface area contributed by atoms with Gasteiger partial charge < -0.3 is 10.1 Å². The molecule has 29 heavy (non-hydrogen) atoms. The first-order valence-electron chi connectivity index (χ1n) is 8.79.